The van der Waals surface area contributed by atoms with Crippen molar-refractivity contribution in [3.8, 4) is 0 Å². The van der Waals surface area contributed by atoms with E-state index in [-0.39, 0.29) is 31.1 Å². The van der Waals surface area contributed by atoms with Crippen LogP contribution < -0.4 is 0 Å². The summed E-state index contributed by atoms with van der Waals surface area (Å²) in [6.45, 7) is 6.59. The Kier molecular flexibility index (Phi) is 48.7. The highest BCUT2D eigenvalue weighted by atomic mass is 16.6. The van der Waals surface area contributed by atoms with Gasteiger partial charge in [-0.15, -0.1) is 0 Å². The molecule has 0 aromatic heterocycles. The summed E-state index contributed by atoms with van der Waals surface area (Å²) in [5, 5.41) is 0. The van der Waals surface area contributed by atoms with Crippen molar-refractivity contribution in [2.45, 2.75) is 316 Å². The molecular formula is C54H104O6. The first-order valence-corrected chi connectivity index (χ1v) is 27.0. The zero-order chi connectivity index (χ0) is 43.7. The Morgan fingerprint density at radius 1 is 0.267 bits per heavy atom. The van der Waals surface area contributed by atoms with E-state index in [0.717, 1.165) is 57.8 Å². The van der Waals surface area contributed by atoms with Gasteiger partial charge in [-0.1, -0.05) is 271 Å². The minimum atomic E-state index is -0.757. The van der Waals surface area contributed by atoms with E-state index in [4.69, 9.17) is 14.2 Å². The fourth-order valence-electron chi connectivity index (χ4n) is 8.27. The highest BCUT2D eigenvalue weighted by Gasteiger charge is 2.19. The van der Waals surface area contributed by atoms with Crippen LogP contribution in [0.2, 0.25) is 0 Å². The van der Waals surface area contributed by atoms with E-state index in [1.165, 1.54) is 212 Å². The minimum Gasteiger partial charge on any atom is -0.462 e. The number of hydrogen-bond acceptors (Lipinski definition) is 6. The molecule has 0 aromatic carbocycles. The van der Waals surface area contributed by atoms with Gasteiger partial charge in [0.25, 0.3) is 0 Å². The minimum absolute atomic E-state index is 0.0637. The number of ether oxygens (including phenoxy) is 3. The number of carbonyl (C=O) groups excluding carboxylic acids is 3. The predicted octanol–water partition coefficient (Wildman–Crippen LogP) is 17.6. The normalized spacial score (nSPS) is 11.8. The first-order chi connectivity index (χ1) is 29.5. The predicted molar refractivity (Wildman–Crippen MR) is 257 cm³/mol. The van der Waals surface area contributed by atoms with Crippen molar-refractivity contribution in [1.82, 2.24) is 0 Å². The topological polar surface area (TPSA) is 78.9 Å². The Labute approximate surface area is 374 Å². The van der Waals surface area contributed by atoms with Gasteiger partial charge in [0.2, 0.25) is 0 Å². The SMILES string of the molecule is CCCCCCCCCCCCCCCCCCCCCCCCCCCCCCC(=O)OCC(COC(=O)CCCCCCCCC)OC(=O)CCCCCCCCC. The van der Waals surface area contributed by atoms with Gasteiger partial charge in [0.15, 0.2) is 6.10 Å². The molecule has 6 nitrogen and oxygen atoms in total. The fourth-order valence-corrected chi connectivity index (χ4v) is 8.27. The molecule has 0 aliphatic rings. The van der Waals surface area contributed by atoms with Gasteiger partial charge in [-0.3, -0.25) is 14.4 Å². The van der Waals surface area contributed by atoms with Crippen molar-refractivity contribution in [3.05, 3.63) is 0 Å². The Hall–Kier alpha value is -1.59. The Balaban J connectivity index is 3.85. The molecule has 60 heavy (non-hydrogen) atoms. The second-order valence-electron chi connectivity index (χ2n) is 18.5. The molecule has 0 heterocycles. The molecule has 0 rings (SSSR count). The first kappa shape index (κ1) is 58.4. The number of unbranched alkanes of at least 4 members (excludes halogenated alkanes) is 39. The molecule has 0 N–H and O–H groups in total. The van der Waals surface area contributed by atoms with Gasteiger partial charge in [0.05, 0.1) is 0 Å². The van der Waals surface area contributed by atoms with Gasteiger partial charge in [-0.2, -0.15) is 0 Å². The first-order valence-electron chi connectivity index (χ1n) is 27.0. The summed E-state index contributed by atoms with van der Waals surface area (Å²) in [4.78, 5) is 37.5. The molecule has 0 saturated heterocycles. The molecule has 0 aliphatic carbocycles. The lowest BCUT2D eigenvalue weighted by Crippen LogP contribution is -2.30. The number of carbonyl (C=O) groups is 3. The van der Waals surface area contributed by atoms with E-state index in [2.05, 4.69) is 20.8 Å². The molecular weight excluding hydrogens is 745 g/mol. The van der Waals surface area contributed by atoms with E-state index < -0.39 is 6.10 Å². The van der Waals surface area contributed by atoms with Crippen molar-refractivity contribution >= 4 is 17.9 Å². The molecule has 0 saturated carbocycles. The van der Waals surface area contributed by atoms with E-state index >= 15 is 0 Å². The standard InChI is InChI=1S/C54H104O6/c1-4-7-10-13-16-17-18-19-20-21-22-23-24-25-26-27-28-29-30-31-32-33-34-35-36-39-41-44-47-53(56)59-50-51(60-54(57)48-45-42-38-15-12-9-6-3)49-58-52(55)46-43-40-37-14-11-8-5-2/h51H,4-50H2,1-3H3. The lowest BCUT2D eigenvalue weighted by Gasteiger charge is -2.18. The fraction of sp³-hybridized carbons (Fsp3) is 0.944. The van der Waals surface area contributed by atoms with Gasteiger partial charge in [-0.05, 0) is 19.3 Å². The van der Waals surface area contributed by atoms with Crippen LogP contribution in [0, 0.1) is 0 Å². The molecule has 356 valence electrons. The molecule has 0 aromatic rings. The lowest BCUT2D eigenvalue weighted by atomic mass is 10.0. The molecule has 0 aliphatic heterocycles. The van der Waals surface area contributed by atoms with Crippen LogP contribution in [0.4, 0.5) is 0 Å². The average molecular weight is 849 g/mol. The summed E-state index contributed by atoms with van der Waals surface area (Å²) in [5.41, 5.74) is 0. The second-order valence-corrected chi connectivity index (χ2v) is 18.5. The molecule has 6 heteroatoms. The van der Waals surface area contributed by atoms with Gasteiger partial charge in [0, 0.05) is 19.3 Å². The highest BCUT2D eigenvalue weighted by molar-refractivity contribution is 5.71. The maximum absolute atomic E-state index is 12.6. The molecule has 1 unspecified atom stereocenters. The zero-order valence-electron chi connectivity index (χ0n) is 40.8. The molecule has 0 fully saturated rings. The van der Waals surface area contributed by atoms with Crippen LogP contribution in [-0.4, -0.2) is 37.2 Å². The molecule has 0 bridgehead atoms. The number of hydrogen-bond donors (Lipinski definition) is 0. The Morgan fingerprint density at radius 2 is 0.450 bits per heavy atom. The van der Waals surface area contributed by atoms with Crippen LogP contribution in [0.1, 0.15) is 310 Å². The summed E-state index contributed by atoms with van der Waals surface area (Å²) in [6.07, 6.45) is 54.4. The van der Waals surface area contributed by atoms with Crippen molar-refractivity contribution in [2.75, 3.05) is 13.2 Å². The zero-order valence-corrected chi connectivity index (χ0v) is 40.8. The molecule has 1 atom stereocenters. The average Bonchev–Trinajstić information content (AvgIpc) is 3.24. The van der Waals surface area contributed by atoms with Gasteiger partial charge in [0.1, 0.15) is 13.2 Å². The van der Waals surface area contributed by atoms with Crippen LogP contribution in [0.25, 0.3) is 0 Å². The number of rotatable bonds is 50. The monoisotopic (exact) mass is 849 g/mol. The smallest absolute Gasteiger partial charge is 0.306 e. The van der Waals surface area contributed by atoms with Crippen molar-refractivity contribution in [1.29, 1.82) is 0 Å². The van der Waals surface area contributed by atoms with Crippen LogP contribution >= 0.6 is 0 Å². The van der Waals surface area contributed by atoms with Crippen molar-refractivity contribution in [3.63, 3.8) is 0 Å². The molecule has 0 spiro atoms. The third-order valence-corrected chi connectivity index (χ3v) is 12.4. The summed E-state index contributed by atoms with van der Waals surface area (Å²) in [7, 11) is 0. The van der Waals surface area contributed by atoms with Gasteiger partial charge >= 0.3 is 17.9 Å². The Morgan fingerprint density at radius 3 is 0.667 bits per heavy atom. The maximum atomic E-state index is 12.6. The summed E-state index contributed by atoms with van der Waals surface area (Å²) in [5.74, 6) is -0.861. The summed E-state index contributed by atoms with van der Waals surface area (Å²) >= 11 is 0. The van der Waals surface area contributed by atoms with E-state index in [1.807, 2.05) is 0 Å². The Bertz CT molecular complexity index is 889. The van der Waals surface area contributed by atoms with Crippen molar-refractivity contribution in [2.24, 2.45) is 0 Å². The summed E-state index contributed by atoms with van der Waals surface area (Å²) < 4.78 is 16.6. The highest BCUT2D eigenvalue weighted by Crippen LogP contribution is 2.17. The van der Waals surface area contributed by atoms with Crippen LogP contribution in [0.5, 0.6) is 0 Å². The largest absolute Gasteiger partial charge is 0.462 e. The van der Waals surface area contributed by atoms with Gasteiger partial charge < -0.3 is 14.2 Å². The van der Waals surface area contributed by atoms with Crippen LogP contribution in [0.3, 0.4) is 0 Å². The van der Waals surface area contributed by atoms with Gasteiger partial charge in [-0.25, -0.2) is 0 Å². The quantitative estimate of drug-likeness (QED) is 0.0345. The van der Waals surface area contributed by atoms with E-state index in [0.29, 0.717) is 19.3 Å². The molecule has 0 amide bonds. The third kappa shape index (κ3) is 47.5. The van der Waals surface area contributed by atoms with Crippen molar-refractivity contribution < 1.29 is 28.6 Å². The maximum Gasteiger partial charge on any atom is 0.306 e. The summed E-state index contributed by atoms with van der Waals surface area (Å²) in [6, 6.07) is 0. The van der Waals surface area contributed by atoms with Crippen LogP contribution in [0.15, 0.2) is 0 Å². The van der Waals surface area contributed by atoms with E-state index in [1.54, 1.807) is 0 Å². The number of esters is 3. The molecule has 0 radical (unpaired) electrons. The lowest BCUT2D eigenvalue weighted by molar-refractivity contribution is -0.167. The van der Waals surface area contributed by atoms with E-state index in [9.17, 15) is 14.4 Å². The third-order valence-electron chi connectivity index (χ3n) is 12.4. The second kappa shape index (κ2) is 50.1. The van der Waals surface area contributed by atoms with Crippen LogP contribution in [-0.2, 0) is 28.6 Å².